The maximum absolute atomic E-state index is 13.2. The molecule has 3 rings (SSSR count). The van der Waals surface area contributed by atoms with E-state index in [1.807, 2.05) is 6.07 Å². The number of fused-ring (bicyclic) bond motifs is 1. The smallest absolute Gasteiger partial charge is 0.139 e. The van der Waals surface area contributed by atoms with E-state index in [2.05, 4.69) is 15.0 Å². The minimum atomic E-state index is -0.468. The minimum absolute atomic E-state index is 0.0829. The highest BCUT2D eigenvalue weighted by molar-refractivity contribution is 5.92. The Balaban J connectivity index is 1.89. The van der Waals surface area contributed by atoms with Crippen LogP contribution in [0, 0.1) is 5.82 Å². The highest BCUT2D eigenvalue weighted by Crippen LogP contribution is 2.24. The molecule has 0 fully saturated rings. The molecule has 4 N–H and O–H groups in total. The summed E-state index contributed by atoms with van der Waals surface area (Å²) in [7, 11) is 0. The molecule has 5 nitrogen and oxygen atoms in total. The van der Waals surface area contributed by atoms with Gasteiger partial charge in [-0.25, -0.2) is 9.37 Å². The van der Waals surface area contributed by atoms with Crippen molar-refractivity contribution in [2.75, 3.05) is 0 Å². The molecule has 1 aromatic carbocycles. The van der Waals surface area contributed by atoms with Gasteiger partial charge in [-0.15, -0.1) is 0 Å². The van der Waals surface area contributed by atoms with E-state index in [9.17, 15) is 9.50 Å². The molecule has 0 bridgehead atoms. The van der Waals surface area contributed by atoms with Gasteiger partial charge in [-0.3, -0.25) is 4.99 Å². The summed E-state index contributed by atoms with van der Waals surface area (Å²) in [5, 5.41) is 10.6. The molecule has 22 heavy (non-hydrogen) atoms. The van der Waals surface area contributed by atoms with Crippen molar-refractivity contribution in [3.05, 3.63) is 60.2 Å². The SMILES string of the molecule is NC(=CC=Nc1ccnc2[nH]ccc12)c1cc(F)ccc1O. The standard InChI is InChI=1S/C16H13FN4O/c17-10-1-2-15(22)12(9-10)13(18)4-7-19-14-5-8-21-16-11(14)3-6-20-16/h1-9,22H,18H2,(H,20,21). The summed E-state index contributed by atoms with van der Waals surface area (Å²) in [6, 6.07) is 7.25. The summed E-state index contributed by atoms with van der Waals surface area (Å²) >= 11 is 0. The number of hydrogen-bond acceptors (Lipinski definition) is 4. The molecule has 0 radical (unpaired) electrons. The van der Waals surface area contributed by atoms with E-state index in [0.717, 1.165) is 16.7 Å². The fourth-order valence-corrected chi connectivity index (χ4v) is 2.09. The number of pyridine rings is 1. The number of aromatic amines is 1. The van der Waals surface area contributed by atoms with Gasteiger partial charge in [0, 0.05) is 35.3 Å². The third-order valence-electron chi connectivity index (χ3n) is 3.17. The first kappa shape index (κ1) is 13.8. The van der Waals surface area contributed by atoms with Crippen LogP contribution in [0.5, 0.6) is 5.75 Å². The predicted octanol–water partition coefficient (Wildman–Crippen LogP) is 3.11. The van der Waals surface area contributed by atoms with Crippen LogP contribution in [0.4, 0.5) is 10.1 Å². The zero-order valence-corrected chi connectivity index (χ0v) is 11.5. The van der Waals surface area contributed by atoms with Crippen molar-refractivity contribution in [1.82, 2.24) is 9.97 Å². The van der Waals surface area contributed by atoms with E-state index in [-0.39, 0.29) is 17.0 Å². The molecule has 0 aliphatic carbocycles. The van der Waals surface area contributed by atoms with Crippen molar-refractivity contribution < 1.29 is 9.50 Å². The molecule has 6 heteroatoms. The van der Waals surface area contributed by atoms with Gasteiger partial charge in [0.25, 0.3) is 0 Å². The minimum Gasteiger partial charge on any atom is -0.507 e. The lowest BCUT2D eigenvalue weighted by atomic mass is 10.1. The van der Waals surface area contributed by atoms with Crippen LogP contribution in [0.1, 0.15) is 5.56 Å². The van der Waals surface area contributed by atoms with Crippen molar-refractivity contribution in [3.8, 4) is 5.75 Å². The van der Waals surface area contributed by atoms with E-state index in [1.165, 1.54) is 30.5 Å². The molecule has 3 aromatic rings. The molecule has 0 unspecified atom stereocenters. The van der Waals surface area contributed by atoms with E-state index in [0.29, 0.717) is 0 Å². The number of nitrogens with one attached hydrogen (secondary N) is 1. The third kappa shape index (κ3) is 2.67. The quantitative estimate of drug-likeness (QED) is 0.649. The number of allylic oxidation sites excluding steroid dienone is 1. The van der Waals surface area contributed by atoms with Gasteiger partial charge in [-0.2, -0.15) is 0 Å². The largest absolute Gasteiger partial charge is 0.507 e. The first-order valence-electron chi connectivity index (χ1n) is 6.56. The zero-order valence-electron chi connectivity index (χ0n) is 11.5. The number of hydrogen-bond donors (Lipinski definition) is 3. The van der Waals surface area contributed by atoms with Gasteiger partial charge in [-0.05, 0) is 36.4 Å². The average Bonchev–Trinajstić information content (AvgIpc) is 2.99. The molecule has 0 aliphatic heterocycles. The maximum Gasteiger partial charge on any atom is 0.139 e. The third-order valence-corrected chi connectivity index (χ3v) is 3.17. The molecule has 0 atom stereocenters. The highest BCUT2D eigenvalue weighted by Gasteiger charge is 2.05. The van der Waals surface area contributed by atoms with E-state index in [1.54, 1.807) is 18.5 Å². The summed E-state index contributed by atoms with van der Waals surface area (Å²) in [5.74, 6) is -0.551. The van der Waals surface area contributed by atoms with Gasteiger partial charge in [0.2, 0.25) is 0 Å². The van der Waals surface area contributed by atoms with Crippen LogP contribution < -0.4 is 5.73 Å². The molecule has 110 valence electrons. The predicted molar refractivity (Wildman–Crippen MR) is 84.5 cm³/mol. The van der Waals surface area contributed by atoms with Crippen molar-refractivity contribution in [2.45, 2.75) is 0 Å². The van der Waals surface area contributed by atoms with Crippen LogP contribution in [-0.4, -0.2) is 21.3 Å². The summed E-state index contributed by atoms with van der Waals surface area (Å²) in [6.45, 7) is 0. The van der Waals surface area contributed by atoms with E-state index < -0.39 is 5.82 Å². The number of aromatic nitrogens is 2. The van der Waals surface area contributed by atoms with Crippen LogP contribution in [0.3, 0.4) is 0 Å². The number of aliphatic imine (C=N–C) groups is 1. The van der Waals surface area contributed by atoms with Crippen molar-refractivity contribution >= 4 is 28.6 Å². The second kappa shape index (κ2) is 5.69. The summed E-state index contributed by atoms with van der Waals surface area (Å²) in [5.41, 5.74) is 7.78. The Labute approximate surface area is 125 Å². The number of nitrogens with zero attached hydrogens (tertiary/aromatic N) is 2. The van der Waals surface area contributed by atoms with Gasteiger partial charge in [0.1, 0.15) is 17.2 Å². The fraction of sp³-hybridized carbons (Fsp3) is 0. The Kier molecular flexibility index (Phi) is 3.57. The second-order valence-corrected chi connectivity index (χ2v) is 4.63. The van der Waals surface area contributed by atoms with Gasteiger partial charge in [0.15, 0.2) is 0 Å². The van der Waals surface area contributed by atoms with Gasteiger partial charge < -0.3 is 15.8 Å². The number of benzene rings is 1. The Hall–Kier alpha value is -3.15. The maximum atomic E-state index is 13.2. The van der Waals surface area contributed by atoms with Crippen molar-refractivity contribution in [3.63, 3.8) is 0 Å². The Morgan fingerprint density at radius 2 is 2.18 bits per heavy atom. The van der Waals surface area contributed by atoms with Crippen LogP contribution in [0.15, 0.2) is 53.8 Å². The molecule has 0 spiro atoms. The number of aromatic hydroxyl groups is 1. The topological polar surface area (TPSA) is 87.3 Å². The molecule has 0 saturated carbocycles. The summed E-state index contributed by atoms with van der Waals surface area (Å²) < 4.78 is 13.2. The van der Waals surface area contributed by atoms with Crippen molar-refractivity contribution in [2.24, 2.45) is 10.7 Å². The molecule has 0 amide bonds. The van der Waals surface area contributed by atoms with Gasteiger partial charge >= 0.3 is 0 Å². The molecular weight excluding hydrogens is 283 g/mol. The number of rotatable bonds is 3. The summed E-state index contributed by atoms with van der Waals surface area (Å²) in [6.07, 6.45) is 6.44. The Morgan fingerprint density at radius 1 is 1.32 bits per heavy atom. The van der Waals surface area contributed by atoms with Crippen molar-refractivity contribution in [1.29, 1.82) is 0 Å². The molecule has 0 saturated heterocycles. The van der Waals surface area contributed by atoms with Gasteiger partial charge in [-0.1, -0.05) is 0 Å². The van der Waals surface area contributed by atoms with Gasteiger partial charge in [0.05, 0.1) is 5.69 Å². The van der Waals surface area contributed by atoms with Crippen LogP contribution in [0.25, 0.3) is 16.7 Å². The van der Waals surface area contributed by atoms with Crippen LogP contribution >= 0.6 is 0 Å². The average molecular weight is 296 g/mol. The van der Waals surface area contributed by atoms with E-state index in [4.69, 9.17) is 5.73 Å². The number of nitrogens with two attached hydrogens (primary N) is 1. The molecule has 2 heterocycles. The lowest BCUT2D eigenvalue weighted by molar-refractivity contribution is 0.471. The second-order valence-electron chi connectivity index (χ2n) is 4.63. The van der Waals surface area contributed by atoms with Crippen LogP contribution in [-0.2, 0) is 0 Å². The summed E-state index contributed by atoms with van der Waals surface area (Å²) in [4.78, 5) is 11.5. The number of halogens is 1. The lowest BCUT2D eigenvalue weighted by Crippen LogP contribution is -1.97. The normalized spacial score (nSPS) is 12.3. The van der Waals surface area contributed by atoms with Crippen LogP contribution in [0.2, 0.25) is 0 Å². The molecular formula is C16H13FN4O. The first-order valence-corrected chi connectivity index (χ1v) is 6.56. The number of phenols is 1. The number of H-pyrrole nitrogens is 1. The lowest BCUT2D eigenvalue weighted by Gasteiger charge is -2.03. The first-order chi connectivity index (χ1) is 10.6. The molecule has 0 aliphatic rings. The Bertz CT molecular complexity index is 883. The number of phenolic OH excluding ortho intramolecular Hbond substituents is 1. The fourth-order valence-electron chi connectivity index (χ4n) is 2.09. The Morgan fingerprint density at radius 3 is 3.05 bits per heavy atom. The van der Waals surface area contributed by atoms with E-state index >= 15 is 0 Å². The highest BCUT2D eigenvalue weighted by atomic mass is 19.1. The molecule has 2 aromatic heterocycles. The monoisotopic (exact) mass is 296 g/mol. The zero-order chi connectivity index (χ0) is 15.5.